The monoisotopic (exact) mass is 359 g/mol. The number of carbonyl (C=O) groups is 1. The van der Waals surface area contributed by atoms with Gasteiger partial charge in [-0.3, -0.25) is 4.79 Å². The number of amides is 1. The van der Waals surface area contributed by atoms with Crippen molar-refractivity contribution in [3.63, 3.8) is 0 Å². The largest absolute Gasteiger partial charge is 0.493 e. The van der Waals surface area contributed by atoms with Gasteiger partial charge in [-0.05, 0) is 29.8 Å². The van der Waals surface area contributed by atoms with Gasteiger partial charge in [0.1, 0.15) is 6.61 Å². The first kappa shape index (κ1) is 17.7. The quantitative estimate of drug-likeness (QED) is 0.852. The van der Waals surface area contributed by atoms with E-state index in [1.54, 1.807) is 45.6 Å². The molecule has 7 nitrogen and oxygen atoms in total. The summed E-state index contributed by atoms with van der Waals surface area (Å²) in [6, 6.07) is 10.8. The van der Waals surface area contributed by atoms with Crippen molar-refractivity contribution in [2.24, 2.45) is 0 Å². The van der Waals surface area contributed by atoms with E-state index in [1.165, 1.54) is 0 Å². The molecule has 0 bridgehead atoms. The summed E-state index contributed by atoms with van der Waals surface area (Å²) in [5.74, 6) is 2.51. The number of rotatable bonds is 6. The fourth-order valence-electron chi connectivity index (χ4n) is 2.69. The number of hydrogen-bond donors (Lipinski definition) is 1. The van der Waals surface area contributed by atoms with Crippen LogP contribution in [0.15, 0.2) is 36.4 Å². The number of ether oxygens (including phenoxy) is 5. The molecule has 0 fully saturated rings. The number of benzene rings is 2. The molecule has 1 aliphatic heterocycles. The van der Waals surface area contributed by atoms with Crippen LogP contribution in [0.4, 0.5) is 0 Å². The predicted molar refractivity (Wildman–Crippen MR) is 94.3 cm³/mol. The van der Waals surface area contributed by atoms with E-state index in [4.69, 9.17) is 23.7 Å². The van der Waals surface area contributed by atoms with E-state index in [-0.39, 0.29) is 19.1 Å². The maximum atomic E-state index is 12.4. The van der Waals surface area contributed by atoms with E-state index in [9.17, 15) is 4.79 Å². The molecule has 1 aliphatic rings. The molecular formula is C19H21NO6. The third-order valence-corrected chi connectivity index (χ3v) is 3.99. The molecule has 3 rings (SSSR count). The summed E-state index contributed by atoms with van der Waals surface area (Å²) in [6.07, 6.45) is -0.702. The molecule has 1 heterocycles. The molecule has 0 radical (unpaired) electrons. The van der Waals surface area contributed by atoms with E-state index in [1.807, 2.05) is 12.1 Å². The van der Waals surface area contributed by atoms with Gasteiger partial charge in [0.2, 0.25) is 11.9 Å². The maximum Gasteiger partial charge on any atom is 0.264 e. The molecule has 0 aromatic heterocycles. The van der Waals surface area contributed by atoms with Crippen LogP contribution in [0.3, 0.4) is 0 Å². The van der Waals surface area contributed by atoms with Gasteiger partial charge in [-0.1, -0.05) is 12.1 Å². The second-order valence-corrected chi connectivity index (χ2v) is 5.62. The van der Waals surface area contributed by atoms with Crippen molar-refractivity contribution in [1.29, 1.82) is 0 Å². The van der Waals surface area contributed by atoms with Crippen LogP contribution in [-0.4, -0.2) is 39.9 Å². The molecule has 0 spiro atoms. The standard InChI is InChI=1S/C19H21NO6/c1-22-15-8-12(9-16(23-2)18(15)24-3)10-20-19(21)17-11-25-13-6-4-5-7-14(13)26-17/h4-9,17H,10-11H2,1-3H3,(H,20,21). The second kappa shape index (κ2) is 7.86. The first-order chi connectivity index (χ1) is 12.7. The van der Waals surface area contributed by atoms with Crippen molar-refractivity contribution in [2.75, 3.05) is 27.9 Å². The highest BCUT2D eigenvalue weighted by atomic mass is 16.6. The SMILES string of the molecule is COc1cc(CNC(=O)C2COc3ccccc3O2)cc(OC)c1OC. The highest BCUT2D eigenvalue weighted by molar-refractivity contribution is 5.81. The minimum Gasteiger partial charge on any atom is -0.493 e. The van der Waals surface area contributed by atoms with Crippen LogP contribution in [0, 0.1) is 0 Å². The fourth-order valence-corrected chi connectivity index (χ4v) is 2.69. The molecule has 0 aliphatic carbocycles. The molecule has 2 aromatic rings. The Morgan fingerprint density at radius 1 is 1.08 bits per heavy atom. The first-order valence-electron chi connectivity index (χ1n) is 8.11. The number of nitrogens with one attached hydrogen (secondary N) is 1. The summed E-state index contributed by atoms with van der Waals surface area (Å²) in [7, 11) is 4.63. The number of carbonyl (C=O) groups excluding carboxylic acids is 1. The highest BCUT2D eigenvalue weighted by Crippen LogP contribution is 2.38. The summed E-state index contributed by atoms with van der Waals surface area (Å²) in [4.78, 5) is 12.4. The van der Waals surface area contributed by atoms with Gasteiger partial charge in [-0.2, -0.15) is 0 Å². The lowest BCUT2D eigenvalue weighted by atomic mass is 10.1. The van der Waals surface area contributed by atoms with Crippen molar-refractivity contribution in [3.05, 3.63) is 42.0 Å². The molecule has 1 unspecified atom stereocenters. The zero-order valence-corrected chi connectivity index (χ0v) is 14.9. The fraction of sp³-hybridized carbons (Fsp3) is 0.316. The lowest BCUT2D eigenvalue weighted by Gasteiger charge is -2.25. The van der Waals surface area contributed by atoms with Crippen LogP contribution < -0.4 is 29.0 Å². The molecule has 0 saturated heterocycles. The average Bonchev–Trinajstić information content (AvgIpc) is 2.70. The van der Waals surface area contributed by atoms with Crippen LogP contribution in [0.2, 0.25) is 0 Å². The highest BCUT2D eigenvalue weighted by Gasteiger charge is 2.27. The molecule has 7 heteroatoms. The molecule has 26 heavy (non-hydrogen) atoms. The van der Waals surface area contributed by atoms with Crippen molar-refractivity contribution in [2.45, 2.75) is 12.6 Å². The minimum absolute atomic E-state index is 0.165. The molecule has 0 saturated carbocycles. The van der Waals surface area contributed by atoms with Gasteiger partial charge < -0.3 is 29.0 Å². The van der Waals surface area contributed by atoms with Gasteiger partial charge in [0.15, 0.2) is 23.0 Å². The Morgan fingerprint density at radius 3 is 2.35 bits per heavy atom. The smallest absolute Gasteiger partial charge is 0.264 e. The summed E-state index contributed by atoms with van der Waals surface area (Å²) >= 11 is 0. The van der Waals surface area contributed by atoms with Gasteiger partial charge >= 0.3 is 0 Å². The van der Waals surface area contributed by atoms with E-state index in [2.05, 4.69) is 5.32 Å². The number of hydrogen-bond acceptors (Lipinski definition) is 6. The molecule has 1 atom stereocenters. The maximum absolute atomic E-state index is 12.4. The Labute approximate surface area is 151 Å². The van der Waals surface area contributed by atoms with E-state index >= 15 is 0 Å². The van der Waals surface area contributed by atoms with Gasteiger partial charge in [0.25, 0.3) is 5.91 Å². The number of fused-ring (bicyclic) bond motifs is 1. The third kappa shape index (κ3) is 3.61. The Hall–Kier alpha value is -3.09. The normalized spacial score (nSPS) is 15.1. The van der Waals surface area contributed by atoms with Crippen molar-refractivity contribution >= 4 is 5.91 Å². The van der Waals surface area contributed by atoms with Gasteiger partial charge in [0, 0.05) is 6.54 Å². The molecule has 138 valence electrons. The second-order valence-electron chi connectivity index (χ2n) is 5.62. The van der Waals surface area contributed by atoms with Crippen LogP contribution in [-0.2, 0) is 11.3 Å². The molecular weight excluding hydrogens is 338 g/mol. The first-order valence-corrected chi connectivity index (χ1v) is 8.11. The molecule has 1 N–H and O–H groups in total. The minimum atomic E-state index is -0.702. The Balaban J connectivity index is 1.66. The average molecular weight is 359 g/mol. The number of para-hydroxylation sites is 2. The van der Waals surface area contributed by atoms with Gasteiger partial charge in [-0.25, -0.2) is 0 Å². The van der Waals surface area contributed by atoms with Crippen LogP contribution in [0.1, 0.15) is 5.56 Å². The lowest BCUT2D eigenvalue weighted by Crippen LogP contribution is -2.43. The topological polar surface area (TPSA) is 75.3 Å². The van der Waals surface area contributed by atoms with E-state index in [0.717, 1.165) is 5.56 Å². The molecule has 2 aromatic carbocycles. The van der Waals surface area contributed by atoms with Crippen molar-refractivity contribution in [3.8, 4) is 28.7 Å². The zero-order valence-electron chi connectivity index (χ0n) is 14.9. The summed E-state index contributed by atoms with van der Waals surface area (Å²) in [5, 5.41) is 2.84. The Bertz CT molecular complexity index is 766. The van der Waals surface area contributed by atoms with Crippen molar-refractivity contribution < 1.29 is 28.5 Å². The van der Waals surface area contributed by atoms with Crippen LogP contribution >= 0.6 is 0 Å². The Morgan fingerprint density at radius 2 is 1.73 bits per heavy atom. The predicted octanol–water partition coefficient (Wildman–Crippen LogP) is 2.17. The van der Waals surface area contributed by atoms with Gasteiger partial charge in [-0.15, -0.1) is 0 Å². The summed E-state index contributed by atoms with van der Waals surface area (Å²) < 4.78 is 27.2. The van der Waals surface area contributed by atoms with Gasteiger partial charge in [0.05, 0.1) is 21.3 Å². The van der Waals surface area contributed by atoms with E-state index < -0.39 is 6.10 Å². The molecule has 1 amide bonds. The summed E-state index contributed by atoms with van der Waals surface area (Å²) in [5.41, 5.74) is 0.810. The van der Waals surface area contributed by atoms with Crippen molar-refractivity contribution in [1.82, 2.24) is 5.32 Å². The Kier molecular flexibility index (Phi) is 5.36. The summed E-state index contributed by atoms with van der Waals surface area (Å²) in [6.45, 7) is 0.454. The van der Waals surface area contributed by atoms with Crippen LogP contribution in [0.25, 0.3) is 0 Å². The lowest BCUT2D eigenvalue weighted by molar-refractivity contribution is -0.130. The van der Waals surface area contributed by atoms with Crippen LogP contribution in [0.5, 0.6) is 28.7 Å². The zero-order chi connectivity index (χ0) is 18.5. The van der Waals surface area contributed by atoms with E-state index in [0.29, 0.717) is 28.7 Å². The third-order valence-electron chi connectivity index (χ3n) is 3.99. The number of methoxy groups -OCH3 is 3.